The molecule has 0 aliphatic rings. The molecule has 3 aromatic carbocycles. The molecule has 0 N–H and O–H groups in total. The molecule has 0 atom stereocenters. The Bertz CT molecular complexity index is 680. The molecule has 21 heavy (non-hydrogen) atoms. The van der Waals surface area contributed by atoms with E-state index in [1.54, 1.807) is 0 Å². The topological polar surface area (TPSA) is 0 Å². The van der Waals surface area contributed by atoms with Gasteiger partial charge in [-0.1, -0.05) is 90.0 Å². The van der Waals surface area contributed by atoms with Crippen molar-refractivity contribution in [3.05, 3.63) is 107 Å². The molecule has 0 aromatic heterocycles. The Morgan fingerprint density at radius 1 is 0.524 bits per heavy atom. The fraction of sp³-hybridized carbons (Fsp3) is 0.143. The Morgan fingerprint density at radius 2 is 1.00 bits per heavy atom. The molecule has 0 aliphatic heterocycles. The van der Waals surface area contributed by atoms with Gasteiger partial charge in [0.25, 0.3) is 0 Å². The second kappa shape index (κ2) is 5.97. The van der Waals surface area contributed by atoms with Gasteiger partial charge in [-0.3, -0.25) is 0 Å². The fourth-order valence-electron chi connectivity index (χ4n) is 2.92. The molecule has 104 valence electrons. The lowest BCUT2D eigenvalue weighted by molar-refractivity contribution is 0.971. The van der Waals surface area contributed by atoms with Crippen molar-refractivity contribution in [1.29, 1.82) is 0 Å². The Labute approximate surface area is 127 Å². The van der Waals surface area contributed by atoms with E-state index in [-0.39, 0.29) is 0 Å². The average Bonchev–Trinajstić information content (AvgIpc) is 2.49. The summed E-state index contributed by atoms with van der Waals surface area (Å²) in [6.07, 6.45) is 0. The predicted molar refractivity (Wildman–Crippen MR) is 89.7 cm³/mol. The van der Waals surface area contributed by atoms with Crippen molar-refractivity contribution in [2.75, 3.05) is 0 Å². The summed E-state index contributed by atoms with van der Waals surface area (Å²) < 4.78 is 0. The number of hydrogen-bond acceptors (Lipinski definition) is 0. The summed E-state index contributed by atoms with van der Waals surface area (Å²) in [5.74, 6) is 0.297. The van der Waals surface area contributed by atoms with E-state index in [1.165, 1.54) is 27.8 Å². The van der Waals surface area contributed by atoms with Crippen LogP contribution in [0.2, 0.25) is 0 Å². The lowest BCUT2D eigenvalue weighted by Crippen LogP contribution is -2.03. The predicted octanol–water partition coefficient (Wildman–Crippen LogP) is 5.48. The first-order valence-corrected chi connectivity index (χ1v) is 7.42. The van der Waals surface area contributed by atoms with Crippen LogP contribution in [0.1, 0.15) is 33.7 Å². The highest BCUT2D eigenvalue weighted by atomic mass is 14.2. The van der Waals surface area contributed by atoms with Gasteiger partial charge < -0.3 is 0 Å². The molecule has 0 fully saturated rings. The third-order valence-electron chi connectivity index (χ3n) is 3.88. The third-order valence-corrected chi connectivity index (χ3v) is 3.88. The zero-order valence-corrected chi connectivity index (χ0v) is 12.6. The van der Waals surface area contributed by atoms with Gasteiger partial charge in [-0.05, 0) is 30.5 Å². The molecule has 0 saturated heterocycles. The normalized spacial score (nSPS) is 10.8. The number of aryl methyl sites for hydroxylation is 2. The van der Waals surface area contributed by atoms with Crippen LogP contribution in [-0.2, 0) is 0 Å². The van der Waals surface area contributed by atoms with E-state index >= 15 is 0 Å². The van der Waals surface area contributed by atoms with E-state index < -0.39 is 0 Å². The summed E-state index contributed by atoms with van der Waals surface area (Å²) >= 11 is 0. The van der Waals surface area contributed by atoms with Crippen LogP contribution in [0, 0.1) is 13.8 Å². The summed E-state index contributed by atoms with van der Waals surface area (Å²) in [7, 11) is 0. The molecule has 0 saturated carbocycles. The minimum atomic E-state index is 0.297. The van der Waals surface area contributed by atoms with Crippen molar-refractivity contribution in [3.63, 3.8) is 0 Å². The zero-order valence-electron chi connectivity index (χ0n) is 12.6. The van der Waals surface area contributed by atoms with Crippen molar-refractivity contribution in [2.24, 2.45) is 0 Å². The fourth-order valence-corrected chi connectivity index (χ4v) is 2.92. The maximum absolute atomic E-state index is 2.29. The summed E-state index contributed by atoms with van der Waals surface area (Å²) in [6, 6.07) is 28.4. The molecule has 0 heterocycles. The summed E-state index contributed by atoms with van der Waals surface area (Å²) in [5.41, 5.74) is 6.66. The Morgan fingerprint density at radius 3 is 1.48 bits per heavy atom. The van der Waals surface area contributed by atoms with Gasteiger partial charge in [-0.2, -0.15) is 0 Å². The van der Waals surface area contributed by atoms with Gasteiger partial charge in [-0.25, -0.2) is 0 Å². The van der Waals surface area contributed by atoms with Crippen LogP contribution in [-0.4, -0.2) is 0 Å². The molecule has 3 aromatic rings. The zero-order chi connectivity index (χ0) is 14.7. The first-order valence-electron chi connectivity index (χ1n) is 7.42. The van der Waals surface area contributed by atoms with Crippen molar-refractivity contribution >= 4 is 0 Å². The molecular weight excluding hydrogens is 252 g/mol. The molecular formula is C21H20. The van der Waals surface area contributed by atoms with Gasteiger partial charge in [0.2, 0.25) is 0 Å². The molecule has 0 heteroatoms. The SMILES string of the molecule is Cc1cccc(C(c2ccccc2)c2cccc(C)c2)c1. The molecule has 3 rings (SSSR count). The number of benzene rings is 3. The van der Waals surface area contributed by atoms with Gasteiger partial charge in [0.1, 0.15) is 0 Å². The monoisotopic (exact) mass is 272 g/mol. The van der Waals surface area contributed by atoms with Crippen LogP contribution in [0.3, 0.4) is 0 Å². The van der Waals surface area contributed by atoms with Crippen LogP contribution in [0.4, 0.5) is 0 Å². The van der Waals surface area contributed by atoms with Crippen molar-refractivity contribution in [1.82, 2.24) is 0 Å². The molecule has 0 aliphatic carbocycles. The van der Waals surface area contributed by atoms with E-state index in [0.717, 1.165) is 0 Å². The molecule has 0 bridgehead atoms. The van der Waals surface area contributed by atoms with Crippen molar-refractivity contribution in [2.45, 2.75) is 19.8 Å². The molecule has 0 radical (unpaired) electrons. The first-order chi connectivity index (χ1) is 10.2. The Balaban J connectivity index is 2.16. The van der Waals surface area contributed by atoms with E-state index in [1.807, 2.05) is 0 Å². The number of rotatable bonds is 3. The molecule has 0 amide bonds. The van der Waals surface area contributed by atoms with Gasteiger partial charge in [0.15, 0.2) is 0 Å². The van der Waals surface area contributed by atoms with Crippen LogP contribution < -0.4 is 0 Å². The Hall–Kier alpha value is -2.34. The largest absolute Gasteiger partial charge is 0.0622 e. The van der Waals surface area contributed by atoms with E-state index in [0.29, 0.717) is 5.92 Å². The van der Waals surface area contributed by atoms with Crippen LogP contribution >= 0.6 is 0 Å². The highest BCUT2D eigenvalue weighted by molar-refractivity contribution is 5.44. The van der Waals surface area contributed by atoms with Crippen molar-refractivity contribution in [3.8, 4) is 0 Å². The third kappa shape index (κ3) is 3.05. The van der Waals surface area contributed by atoms with Gasteiger partial charge >= 0.3 is 0 Å². The van der Waals surface area contributed by atoms with Crippen molar-refractivity contribution < 1.29 is 0 Å². The first kappa shape index (κ1) is 13.6. The van der Waals surface area contributed by atoms with Crippen LogP contribution in [0.5, 0.6) is 0 Å². The minimum absolute atomic E-state index is 0.297. The van der Waals surface area contributed by atoms with Gasteiger partial charge in [0.05, 0.1) is 0 Å². The Kier molecular flexibility index (Phi) is 3.87. The summed E-state index contributed by atoms with van der Waals surface area (Å²) in [4.78, 5) is 0. The van der Waals surface area contributed by atoms with E-state index in [9.17, 15) is 0 Å². The molecule has 0 spiro atoms. The lowest BCUT2D eigenvalue weighted by atomic mass is 9.84. The second-order valence-electron chi connectivity index (χ2n) is 5.67. The van der Waals surface area contributed by atoms with E-state index in [4.69, 9.17) is 0 Å². The highest BCUT2D eigenvalue weighted by Crippen LogP contribution is 2.32. The molecule has 0 nitrogen and oxygen atoms in total. The van der Waals surface area contributed by atoms with E-state index in [2.05, 4.69) is 92.7 Å². The van der Waals surface area contributed by atoms with Crippen LogP contribution in [0.25, 0.3) is 0 Å². The minimum Gasteiger partial charge on any atom is -0.0622 e. The summed E-state index contributed by atoms with van der Waals surface area (Å²) in [5, 5.41) is 0. The second-order valence-corrected chi connectivity index (χ2v) is 5.67. The smallest absolute Gasteiger partial charge is 0.0340 e. The maximum atomic E-state index is 2.29. The van der Waals surface area contributed by atoms with Gasteiger partial charge in [-0.15, -0.1) is 0 Å². The highest BCUT2D eigenvalue weighted by Gasteiger charge is 2.16. The van der Waals surface area contributed by atoms with Crippen LogP contribution in [0.15, 0.2) is 78.9 Å². The van der Waals surface area contributed by atoms with Gasteiger partial charge in [0, 0.05) is 5.92 Å². The number of hydrogen-bond donors (Lipinski definition) is 0. The maximum Gasteiger partial charge on any atom is 0.0340 e. The lowest BCUT2D eigenvalue weighted by Gasteiger charge is -2.19. The average molecular weight is 272 g/mol. The molecule has 0 unspecified atom stereocenters. The standard InChI is InChI=1S/C21H20/c1-16-8-6-12-19(14-16)21(18-10-4-3-5-11-18)20-13-7-9-17(2)15-20/h3-15,21H,1-2H3. The summed E-state index contributed by atoms with van der Waals surface area (Å²) in [6.45, 7) is 4.31. The quantitative estimate of drug-likeness (QED) is 0.553.